The number of rotatable bonds is 20. The van der Waals surface area contributed by atoms with Crippen molar-refractivity contribution >= 4 is 0 Å². The van der Waals surface area contributed by atoms with E-state index in [2.05, 4.69) is 61.5 Å². The topological polar surface area (TPSA) is 9.23 Å². The maximum absolute atomic E-state index is 5.94. The molecule has 0 spiro atoms. The Kier molecular flexibility index (Phi) is 16.5. The summed E-state index contributed by atoms with van der Waals surface area (Å²) in [5.41, 5.74) is 0. The average molecular weight is 550 g/mol. The van der Waals surface area contributed by atoms with Gasteiger partial charge in [-0.1, -0.05) is 121 Å². The Morgan fingerprint density at radius 3 is 1.44 bits per heavy atom. The first kappa shape index (κ1) is 27.2. The standard InChI is InChI=1S/C30H46IO/c1-2-3-4-5-6-7-8-9-10-11-12-13-14-15-16-20-27-32-30-25-23-29(24-26-30)31-28-21-18-17-19-22-28/h17-19,21-26H,2-16,20,27H2,1H3/q+1. The number of halogens is 1. The third kappa shape index (κ3) is 14.2. The molecule has 0 saturated heterocycles. The normalized spacial score (nSPS) is 11.0. The predicted molar refractivity (Wildman–Crippen MR) is 135 cm³/mol. The Balaban J connectivity index is 1.34. The van der Waals surface area contributed by atoms with E-state index < -0.39 is 0 Å². The number of benzene rings is 2. The molecule has 0 bridgehead atoms. The van der Waals surface area contributed by atoms with Gasteiger partial charge in [-0.3, -0.25) is 0 Å². The van der Waals surface area contributed by atoms with Crippen LogP contribution >= 0.6 is 0 Å². The van der Waals surface area contributed by atoms with Gasteiger partial charge in [-0.05, 0) is 42.8 Å². The molecule has 2 aromatic carbocycles. The fraction of sp³-hybridized carbons (Fsp3) is 0.600. The zero-order chi connectivity index (χ0) is 22.5. The van der Waals surface area contributed by atoms with Gasteiger partial charge in [0.1, 0.15) is 5.75 Å². The third-order valence-corrected chi connectivity index (χ3v) is 8.72. The minimum atomic E-state index is -0.0762. The summed E-state index contributed by atoms with van der Waals surface area (Å²) in [7, 11) is 0. The highest BCUT2D eigenvalue weighted by Gasteiger charge is 2.14. The maximum Gasteiger partial charge on any atom is 0.357 e. The second-order valence-electron chi connectivity index (χ2n) is 9.00. The first-order chi connectivity index (χ1) is 15.9. The summed E-state index contributed by atoms with van der Waals surface area (Å²) in [6, 6.07) is 19.6. The molecule has 0 heterocycles. The van der Waals surface area contributed by atoms with Gasteiger partial charge in [0.25, 0.3) is 0 Å². The van der Waals surface area contributed by atoms with Crippen LogP contribution < -0.4 is 25.9 Å². The Bertz CT molecular complexity index is 652. The fourth-order valence-electron chi connectivity index (χ4n) is 4.04. The van der Waals surface area contributed by atoms with Gasteiger partial charge < -0.3 is 4.74 Å². The number of hydrogen-bond donors (Lipinski definition) is 0. The van der Waals surface area contributed by atoms with Gasteiger partial charge in [0.15, 0.2) is 7.14 Å². The number of ether oxygens (including phenoxy) is 1. The SMILES string of the molecule is CCCCCCCCCCCCCCCCCCOc1ccc([I+]c2ccccc2)cc1. The molecule has 0 amide bonds. The van der Waals surface area contributed by atoms with E-state index in [4.69, 9.17) is 4.74 Å². The largest absolute Gasteiger partial charge is 0.494 e. The molecule has 0 fully saturated rings. The van der Waals surface area contributed by atoms with Crippen molar-refractivity contribution in [3.05, 3.63) is 61.7 Å². The lowest BCUT2D eigenvalue weighted by Gasteiger charge is -2.06. The molecular formula is C30H46IO+. The summed E-state index contributed by atoms with van der Waals surface area (Å²) in [5, 5.41) is 0. The van der Waals surface area contributed by atoms with Crippen LogP contribution in [0.5, 0.6) is 5.75 Å². The van der Waals surface area contributed by atoms with Crippen LogP contribution in [0.2, 0.25) is 0 Å². The lowest BCUT2D eigenvalue weighted by molar-refractivity contribution is -0.597. The van der Waals surface area contributed by atoms with Crippen LogP contribution in [0.4, 0.5) is 0 Å². The lowest BCUT2D eigenvalue weighted by Crippen LogP contribution is -3.61. The molecule has 178 valence electrons. The molecule has 2 rings (SSSR count). The summed E-state index contributed by atoms with van der Waals surface area (Å²) in [6.07, 6.45) is 22.5. The quantitative estimate of drug-likeness (QED) is 0.136. The summed E-state index contributed by atoms with van der Waals surface area (Å²) in [6.45, 7) is 3.15. The first-order valence-electron chi connectivity index (χ1n) is 13.3. The minimum absolute atomic E-state index is 0.0762. The van der Waals surface area contributed by atoms with Crippen LogP contribution in [0.15, 0.2) is 54.6 Å². The molecule has 0 aliphatic carbocycles. The molecule has 2 aromatic rings. The molecule has 0 atom stereocenters. The summed E-state index contributed by atoms with van der Waals surface area (Å²) < 4.78 is 8.86. The van der Waals surface area contributed by atoms with Crippen LogP contribution in [0.3, 0.4) is 0 Å². The van der Waals surface area contributed by atoms with Crippen molar-refractivity contribution in [3.63, 3.8) is 0 Å². The summed E-state index contributed by atoms with van der Waals surface area (Å²) in [4.78, 5) is 0. The van der Waals surface area contributed by atoms with Crippen molar-refractivity contribution in [1.82, 2.24) is 0 Å². The highest BCUT2D eigenvalue weighted by Crippen LogP contribution is 2.14. The molecule has 0 unspecified atom stereocenters. The van der Waals surface area contributed by atoms with Crippen molar-refractivity contribution in [2.45, 2.75) is 110 Å². The van der Waals surface area contributed by atoms with Crippen LogP contribution in [0.25, 0.3) is 0 Å². The van der Waals surface area contributed by atoms with E-state index in [0.717, 1.165) is 12.4 Å². The zero-order valence-corrected chi connectivity index (χ0v) is 22.7. The molecule has 0 radical (unpaired) electrons. The van der Waals surface area contributed by atoms with Crippen LogP contribution in [-0.4, -0.2) is 6.61 Å². The van der Waals surface area contributed by atoms with E-state index in [1.165, 1.54) is 110 Å². The smallest absolute Gasteiger partial charge is 0.357 e. The molecule has 0 aliphatic heterocycles. The van der Waals surface area contributed by atoms with Gasteiger partial charge >= 0.3 is 21.2 Å². The fourth-order valence-corrected chi connectivity index (χ4v) is 6.25. The predicted octanol–water partition coefficient (Wildman–Crippen LogP) is 6.46. The van der Waals surface area contributed by atoms with Crippen LogP contribution in [0.1, 0.15) is 110 Å². The second kappa shape index (κ2) is 19.4. The highest BCUT2D eigenvalue weighted by atomic mass is 127. The minimum Gasteiger partial charge on any atom is -0.494 e. The summed E-state index contributed by atoms with van der Waals surface area (Å²) in [5.74, 6) is 1.02. The van der Waals surface area contributed by atoms with Crippen molar-refractivity contribution in [2.24, 2.45) is 0 Å². The van der Waals surface area contributed by atoms with Gasteiger partial charge in [0.2, 0.25) is 0 Å². The molecule has 0 aromatic heterocycles. The number of hydrogen-bond acceptors (Lipinski definition) is 1. The van der Waals surface area contributed by atoms with Crippen LogP contribution in [0, 0.1) is 7.14 Å². The van der Waals surface area contributed by atoms with Crippen LogP contribution in [-0.2, 0) is 0 Å². The maximum atomic E-state index is 5.94. The van der Waals surface area contributed by atoms with Gasteiger partial charge in [-0.15, -0.1) is 0 Å². The van der Waals surface area contributed by atoms with Gasteiger partial charge in [0.05, 0.1) is 6.61 Å². The monoisotopic (exact) mass is 549 g/mol. The third-order valence-electron chi connectivity index (χ3n) is 6.03. The van der Waals surface area contributed by atoms with E-state index in [0.29, 0.717) is 0 Å². The zero-order valence-electron chi connectivity index (χ0n) is 20.5. The molecular weight excluding hydrogens is 503 g/mol. The summed E-state index contributed by atoms with van der Waals surface area (Å²) >= 11 is -0.0762. The number of unbranched alkanes of at least 4 members (excludes halogenated alkanes) is 15. The molecule has 0 saturated carbocycles. The van der Waals surface area contributed by atoms with Crippen molar-refractivity contribution in [2.75, 3.05) is 6.61 Å². The molecule has 2 heteroatoms. The van der Waals surface area contributed by atoms with Crippen molar-refractivity contribution in [3.8, 4) is 5.75 Å². The van der Waals surface area contributed by atoms with Crippen molar-refractivity contribution in [1.29, 1.82) is 0 Å². The second-order valence-corrected chi connectivity index (χ2v) is 12.0. The molecule has 32 heavy (non-hydrogen) atoms. The Morgan fingerprint density at radius 2 is 0.938 bits per heavy atom. The Labute approximate surface area is 209 Å². The van der Waals surface area contributed by atoms with E-state index >= 15 is 0 Å². The Hall–Kier alpha value is -1.03. The molecule has 1 nitrogen and oxygen atoms in total. The lowest BCUT2D eigenvalue weighted by atomic mass is 10.0. The van der Waals surface area contributed by atoms with Gasteiger partial charge in [-0.25, -0.2) is 0 Å². The first-order valence-corrected chi connectivity index (χ1v) is 15.5. The van der Waals surface area contributed by atoms with Gasteiger partial charge in [0, 0.05) is 0 Å². The van der Waals surface area contributed by atoms with Gasteiger partial charge in [-0.2, -0.15) is 0 Å². The van der Waals surface area contributed by atoms with Crippen molar-refractivity contribution < 1.29 is 25.9 Å². The van der Waals surface area contributed by atoms with E-state index in [1.807, 2.05) is 0 Å². The average Bonchev–Trinajstić information content (AvgIpc) is 2.83. The molecule has 0 N–H and O–H groups in total. The molecule has 0 aliphatic rings. The van der Waals surface area contributed by atoms with E-state index in [1.54, 1.807) is 0 Å². The van der Waals surface area contributed by atoms with E-state index in [-0.39, 0.29) is 21.2 Å². The Morgan fingerprint density at radius 1 is 0.500 bits per heavy atom. The highest BCUT2D eigenvalue weighted by molar-refractivity contribution is 5.20. The van der Waals surface area contributed by atoms with E-state index in [9.17, 15) is 0 Å².